The fraction of sp³-hybridized carbons (Fsp3) is 0.769. The summed E-state index contributed by atoms with van der Waals surface area (Å²) >= 11 is 0. The van der Waals surface area contributed by atoms with Gasteiger partial charge in [-0.1, -0.05) is 73.3 Å². The minimum Gasteiger partial charge on any atom is -0.496 e. The maximum Gasteiger partial charge on any atom is 0.602 e. The smallest absolute Gasteiger partial charge is 0.496 e. The van der Waals surface area contributed by atoms with Gasteiger partial charge < -0.3 is 9.47 Å². The number of ether oxygens (including phenoxy) is 2. The van der Waals surface area contributed by atoms with Gasteiger partial charge in [0.1, 0.15) is 19.9 Å². The molecule has 1 aromatic heterocycles. The molecule has 1 fully saturated rings. The van der Waals surface area contributed by atoms with E-state index in [2.05, 4.69) is 62.3 Å². The molecule has 1 aliphatic carbocycles. The lowest BCUT2D eigenvalue weighted by atomic mass is 9.75. The number of hydrogen-bond acceptors (Lipinski definition) is 3. The van der Waals surface area contributed by atoms with Crippen molar-refractivity contribution in [1.82, 2.24) is 0 Å². The molecule has 0 radical (unpaired) electrons. The molecular weight excluding hydrogens is 402 g/mol. The molecule has 1 heterocycles. The van der Waals surface area contributed by atoms with E-state index in [1.54, 1.807) is 17.9 Å². The van der Waals surface area contributed by atoms with Gasteiger partial charge in [0.15, 0.2) is 12.4 Å². The standard InChI is InChI=1S/C26H46NO3Si/c1-17(2)22-12-11-21(9)15-24(22)30-26(28)27-14-13-23(29-10)25(16-27)31(18(3)4,19(5)6)20(7)8/h13-14,16-22,24H,11-12,15H2,1-10H3/q+1/t21-,22+,24-/m1/s1. The molecule has 0 aromatic carbocycles. The Morgan fingerprint density at radius 2 is 1.61 bits per heavy atom. The van der Waals surface area contributed by atoms with E-state index in [1.807, 2.05) is 12.3 Å². The van der Waals surface area contributed by atoms with Crippen LogP contribution in [0.4, 0.5) is 4.79 Å². The van der Waals surface area contributed by atoms with Crippen LogP contribution in [-0.4, -0.2) is 27.4 Å². The summed E-state index contributed by atoms with van der Waals surface area (Å²) in [6.07, 6.45) is 6.90. The van der Waals surface area contributed by atoms with Crippen LogP contribution in [0.5, 0.6) is 5.75 Å². The normalized spacial score (nSPS) is 22.5. The van der Waals surface area contributed by atoms with Crippen molar-refractivity contribution in [3.8, 4) is 5.75 Å². The van der Waals surface area contributed by atoms with Crippen molar-refractivity contribution < 1.29 is 18.8 Å². The van der Waals surface area contributed by atoms with Gasteiger partial charge in [0.25, 0.3) is 0 Å². The first-order valence-electron chi connectivity index (χ1n) is 12.3. The van der Waals surface area contributed by atoms with Crippen molar-refractivity contribution in [1.29, 1.82) is 0 Å². The number of carbonyl (C=O) groups excluding carboxylic acids is 1. The van der Waals surface area contributed by atoms with Crippen LogP contribution in [0, 0.1) is 17.8 Å². The summed E-state index contributed by atoms with van der Waals surface area (Å²) in [7, 11) is -0.260. The zero-order valence-corrected chi connectivity index (χ0v) is 22.6. The Morgan fingerprint density at radius 1 is 1.03 bits per heavy atom. The van der Waals surface area contributed by atoms with Gasteiger partial charge >= 0.3 is 6.09 Å². The summed E-state index contributed by atoms with van der Waals surface area (Å²) < 4.78 is 13.6. The predicted octanol–water partition coefficient (Wildman–Crippen LogP) is 6.31. The maximum atomic E-state index is 13.3. The van der Waals surface area contributed by atoms with Gasteiger partial charge in [-0.25, -0.2) is 0 Å². The number of carbonyl (C=O) groups is 1. The molecule has 31 heavy (non-hydrogen) atoms. The number of hydrogen-bond donors (Lipinski definition) is 0. The third kappa shape index (κ3) is 5.18. The molecule has 1 saturated carbocycles. The van der Waals surface area contributed by atoms with Crippen LogP contribution in [-0.2, 0) is 4.74 Å². The number of pyridine rings is 1. The minimum absolute atomic E-state index is 0.00315. The van der Waals surface area contributed by atoms with E-state index in [-0.39, 0.29) is 12.2 Å². The Bertz CT molecular complexity index is 722. The van der Waals surface area contributed by atoms with Crippen LogP contribution in [0.1, 0.15) is 81.6 Å². The number of aromatic nitrogens is 1. The van der Waals surface area contributed by atoms with Crippen LogP contribution in [0.3, 0.4) is 0 Å². The maximum absolute atomic E-state index is 13.3. The first-order valence-corrected chi connectivity index (χ1v) is 14.5. The highest BCUT2D eigenvalue weighted by atomic mass is 28.3. The highest BCUT2D eigenvalue weighted by molar-refractivity contribution is 6.95. The molecule has 1 aliphatic rings. The molecule has 176 valence electrons. The van der Waals surface area contributed by atoms with E-state index >= 15 is 0 Å². The average molecular weight is 449 g/mol. The van der Waals surface area contributed by atoms with Crippen molar-refractivity contribution in [2.24, 2.45) is 17.8 Å². The Labute approximate surface area is 191 Å². The molecule has 3 atom stereocenters. The molecule has 0 bridgehead atoms. The summed E-state index contributed by atoms with van der Waals surface area (Å²) in [6.45, 7) is 20.7. The molecule has 5 heteroatoms. The molecule has 0 amide bonds. The lowest BCUT2D eigenvalue weighted by Gasteiger charge is -2.43. The summed E-state index contributed by atoms with van der Waals surface area (Å²) in [5.74, 6) is 2.46. The summed E-state index contributed by atoms with van der Waals surface area (Å²) in [5, 5.41) is 1.23. The minimum atomic E-state index is -1.99. The Hall–Kier alpha value is -1.36. The Kier molecular flexibility index (Phi) is 8.77. The van der Waals surface area contributed by atoms with Crippen molar-refractivity contribution in [2.75, 3.05) is 7.11 Å². The van der Waals surface area contributed by atoms with E-state index < -0.39 is 8.07 Å². The lowest BCUT2D eigenvalue weighted by Crippen LogP contribution is -2.59. The van der Waals surface area contributed by atoms with Gasteiger partial charge in [-0.15, -0.1) is 0 Å². The molecule has 1 aromatic rings. The molecular formula is C26H46NO3Si+. The Balaban J connectivity index is 2.46. The van der Waals surface area contributed by atoms with E-state index in [0.29, 0.717) is 34.4 Å². The van der Waals surface area contributed by atoms with E-state index in [9.17, 15) is 4.79 Å². The second kappa shape index (κ2) is 10.5. The third-order valence-corrected chi connectivity index (χ3v) is 14.9. The zero-order valence-electron chi connectivity index (χ0n) is 21.6. The van der Waals surface area contributed by atoms with Gasteiger partial charge in [-0.2, -0.15) is 4.79 Å². The topological polar surface area (TPSA) is 39.4 Å². The van der Waals surface area contributed by atoms with Crippen LogP contribution >= 0.6 is 0 Å². The van der Waals surface area contributed by atoms with E-state index in [1.165, 1.54) is 11.6 Å². The first-order chi connectivity index (χ1) is 14.5. The zero-order chi connectivity index (χ0) is 23.5. The number of methoxy groups -OCH3 is 1. The van der Waals surface area contributed by atoms with Crippen molar-refractivity contribution in [2.45, 2.75) is 104 Å². The van der Waals surface area contributed by atoms with Gasteiger partial charge in [-0.05, 0) is 47.2 Å². The predicted molar refractivity (Wildman–Crippen MR) is 131 cm³/mol. The molecule has 2 rings (SSSR count). The first kappa shape index (κ1) is 25.9. The largest absolute Gasteiger partial charge is 0.602 e. The number of nitrogens with zero attached hydrogens (tertiary/aromatic N) is 1. The highest BCUT2D eigenvalue weighted by Crippen LogP contribution is 2.42. The Morgan fingerprint density at radius 3 is 2.10 bits per heavy atom. The monoisotopic (exact) mass is 448 g/mol. The summed E-state index contributed by atoms with van der Waals surface area (Å²) in [5.41, 5.74) is 1.58. The SMILES string of the molecule is COc1cc[n+](C(=O)O[C@@H]2C[C@H](C)CC[C@H]2C(C)C)cc1[Si](C(C)C)(C(C)C)C(C)C. The van der Waals surface area contributed by atoms with Crippen LogP contribution in [0.2, 0.25) is 16.6 Å². The van der Waals surface area contributed by atoms with Crippen LogP contribution < -0.4 is 14.5 Å². The third-order valence-electron chi connectivity index (χ3n) is 7.90. The quantitative estimate of drug-likeness (QED) is 0.362. The second-order valence-corrected chi connectivity index (χ2v) is 16.8. The van der Waals surface area contributed by atoms with Crippen molar-refractivity contribution in [3.63, 3.8) is 0 Å². The molecule has 4 nitrogen and oxygen atoms in total. The van der Waals surface area contributed by atoms with Crippen LogP contribution in [0.15, 0.2) is 18.5 Å². The fourth-order valence-electron chi connectivity index (χ4n) is 6.47. The fourth-order valence-corrected chi connectivity index (χ4v) is 13.3. The van der Waals surface area contributed by atoms with Crippen molar-refractivity contribution >= 4 is 19.4 Å². The van der Waals surface area contributed by atoms with E-state index in [4.69, 9.17) is 9.47 Å². The van der Waals surface area contributed by atoms with E-state index in [0.717, 1.165) is 18.6 Å². The van der Waals surface area contributed by atoms with Gasteiger partial charge in [0.05, 0.1) is 7.11 Å². The molecule has 0 N–H and O–H groups in total. The average Bonchev–Trinajstić information content (AvgIpc) is 2.67. The molecule has 0 saturated heterocycles. The highest BCUT2D eigenvalue weighted by Gasteiger charge is 2.48. The molecule has 0 unspecified atom stereocenters. The molecule has 0 aliphatic heterocycles. The molecule has 0 spiro atoms. The van der Waals surface area contributed by atoms with Gasteiger partial charge in [-0.3, -0.25) is 0 Å². The van der Waals surface area contributed by atoms with Gasteiger partial charge in [0, 0.05) is 11.3 Å². The summed E-state index contributed by atoms with van der Waals surface area (Å²) in [4.78, 5) is 13.3. The number of rotatable bonds is 7. The van der Waals surface area contributed by atoms with Crippen LogP contribution in [0.25, 0.3) is 0 Å². The lowest BCUT2D eigenvalue weighted by molar-refractivity contribution is -0.587. The van der Waals surface area contributed by atoms with Crippen molar-refractivity contribution in [3.05, 3.63) is 18.5 Å². The summed E-state index contributed by atoms with van der Waals surface area (Å²) in [6, 6.07) is 1.95. The second-order valence-electron chi connectivity index (χ2n) is 11.0. The van der Waals surface area contributed by atoms with Gasteiger partial charge in [0.2, 0.25) is 0 Å².